The quantitative estimate of drug-likeness (QED) is 0.857. The molecule has 0 aliphatic heterocycles. The first kappa shape index (κ1) is 12.9. The van der Waals surface area contributed by atoms with Gasteiger partial charge in [-0.05, 0) is 18.3 Å². The van der Waals surface area contributed by atoms with Crippen LogP contribution in [0, 0.1) is 11.8 Å². The van der Waals surface area contributed by atoms with Crippen molar-refractivity contribution in [2.75, 3.05) is 24.7 Å². The summed E-state index contributed by atoms with van der Waals surface area (Å²) in [5.74, 6) is 2.60. The second-order valence-electron chi connectivity index (χ2n) is 5.05. The number of anilines is 2. The van der Waals surface area contributed by atoms with Gasteiger partial charge in [-0.15, -0.1) is 0 Å². The molecule has 100 valence electrons. The van der Waals surface area contributed by atoms with Crippen molar-refractivity contribution in [2.24, 2.45) is 11.8 Å². The first-order valence-electron chi connectivity index (χ1n) is 6.60. The predicted molar refractivity (Wildman–Crippen MR) is 72.6 cm³/mol. The van der Waals surface area contributed by atoms with Gasteiger partial charge in [0.15, 0.2) is 5.82 Å². The smallest absolute Gasteiger partial charge is 0.242 e. The average Bonchev–Trinajstić information content (AvgIpc) is 2.39. The van der Waals surface area contributed by atoms with Crippen LogP contribution in [-0.4, -0.2) is 23.6 Å². The van der Waals surface area contributed by atoms with Crippen molar-refractivity contribution in [1.82, 2.24) is 9.97 Å². The van der Waals surface area contributed by atoms with Crippen molar-refractivity contribution < 1.29 is 4.74 Å². The molecule has 5 heteroatoms. The number of rotatable bonds is 4. The van der Waals surface area contributed by atoms with Crippen molar-refractivity contribution in [3.63, 3.8) is 0 Å². The minimum Gasteiger partial charge on any atom is -0.479 e. The molecule has 0 saturated heterocycles. The number of aromatic nitrogens is 2. The maximum absolute atomic E-state index is 5.93. The molecule has 2 atom stereocenters. The van der Waals surface area contributed by atoms with Crippen LogP contribution in [0.2, 0.25) is 0 Å². The summed E-state index contributed by atoms with van der Waals surface area (Å²) in [6, 6.07) is 0. The Morgan fingerprint density at radius 2 is 2.17 bits per heavy atom. The minimum atomic E-state index is 0.434. The van der Waals surface area contributed by atoms with Crippen LogP contribution in [0.5, 0.6) is 5.88 Å². The lowest BCUT2D eigenvalue weighted by Crippen LogP contribution is -2.25. The molecule has 1 aliphatic carbocycles. The van der Waals surface area contributed by atoms with Gasteiger partial charge in [-0.25, -0.2) is 4.98 Å². The normalized spacial score (nSPS) is 23.7. The molecule has 1 aromatic rings. The van der Waals surface area contributed by atoms with E-state index in [0.29, 0.717) is 23.3 Å². The monoisotopic (exact) mass is 250 g/mol. The Kier molecular flexibility index (Phi) is 4.23. The number of nitrogens with one attached hydrogen (secondary N) is 1. The topological polar surface area (TPSA) is 73.1 Å². The van der Waals surface area contributed by atoms with Crippen LogP contribution in [0.1, 0.15) is 32.6 Å². The summed E-state index contributed by atoms with van der Waals surface area (Å²) in [5, 5.41) is 3.33. The molecule has 0 bridgehead atoms. The van der Waals surface area contributed by atoms with Gasteiger partial charge >= 0.3 is 0 Å². The Bertz CT molecular complexity index is 397. The highest BCUT2D eigenvalue weighted by Crippen LogP contribution is 2.30. The van der Waals surface area contributed by atoms with E-state index in [1.54, 1.807) is 7.11 Å². The Hall–Kier alpha value is -1.52. The summed E-state index contributed by atoms with van der Waals surface area (Å²) >= 11 is 0. The summed E-state index contributed by atoms with van der Waals surface area (Å²) in [7, 11) is 1.56. The molecule has 0 radical (unpaired) electrons. The van der Waals surface area contributed by atoms with Gasteiger partial charge in [0, 0.05) is 6.54 Å². The summed E-state index contributed by atoms with van der Waals surface area (Å²) in [6.45, 7) is 3.25. The lowest BCUT2D eigenvalue weighted by atomic mass is 9.80. The summed E-state index contributed by atoms with van der Waals surface area (Å²) in [6.07, 6.45) is 6.79. The maximum atomic E-state index is 5.93. The number of nitrogens with zero attached hydrogens (tertiary/aromatic N) is 2. The predicted octanol–water partition coefficient (Wildman–Crippen LogP) is 2.31. The van der Waals surface area contributed by atoms with Crippen LogP contribution >= 0.6 is 0 Å². The fraction of sp³-hybridized carbons (Fsp3) is 0.692. The first-order valence-corrected chi connectivity index (χ1v) is 6.60. The van der Waals surface area contributed by atoms with Crippen LogP contribution in [0.3, 0.4) is 0 Å². The van der Waals surface area contributed by atoms with Crippen LogP contribution < -0.4 is 15.8 Å². The van der Waals surface area contributed by atoms with Gasteiger partial charge in [-0.1, -0.05) is 26.2 Å². The Morgan fingerprint density at radius 3 is 2.89 bits per heavy atom. The summed E-state index contributed by atoms with van der Waals surface area (Å²) in [4.78, 5) is 8.14. The zero-order valence-electron chi connectivity index (χ0n) is 11.1. The van der Waals surface area contributed by atoms with Gasteiger partial charge < -0.3 is 15.8 Å². The number of hydrogen-bond acceptors (Lipinski definition) is 5. The SMILES string of the molecule is COc1ncnc(NCC2CCCCC2C)c1N. The van der Waals surface area contributed by atoms with Gasteiger partial charge in [-0.3, -0.25) is 0 Å². The third-order valence-corrected chi connectivity index (χ3v) is 3.86. The lowest BCUT2D eigenvalue weighted by molar-refractivity contribution is 0.268. The van der Waals surface area contributed by atoms with E-state index in [0.717, 1.165) is 12.5 Å². The molecule has 1 aromatic heterocycles. The molecular formula is C13H22N4O. The summed E-state index contributed by atoms with van der Waals surface area (Å²) < 4.78 is 5.08. The van der Waals surface area contributed by atoms with Gasteiger partial charge in [0.2, 0.25) is 5.88 Å². The molecule has 3 N–H and O–H groups in total. The molecule has 1 saturated carbocycles. The van der Waals surface area contributed by atoms with Gasteiger partial charge in [0.05, 0.1) is 7.11 Å². The number of methoxy groups -OCH3 is 1. The van der Waals surface area contributed by atoms with Gasteiger partial charge in [0.25, 0.3) is 0 Å². The zero-order valence-corrected chi connectivity index (χ0v) is 11.1. The molecule has 1 aliphatic rings. The van der Waals surface area contributed by atoms with Gasteiger partial charge in [-0.2, -0.15) is 4.98 Å². The lowest BCUT2D eigenvalue weighted by Gasteiger charge is -2.29. The van der Waals surface area contributed by atoms with Gasteiger partial charge in [0.1, 0.15) is 12.0 Å². The highest BCUT2D eigenvalue weighted by atomic mass is 16.5. The van der Waals surface area contributed by atoms with E-state index < -0.39 is 0 Å². The highest BCUT2D eigenvalue weighted by Gasteiger charge is 2.21. The zero-order chi connectivity index (χ0) is 13.0. The Balaban J connectivity index is 1.97. The van der Waals surface area contributed by atoms with Crippen LogP contribution in [0.4, 0.5) is 11.5 Å². The maximum Gasteiger partial charge on any atom is 0.242 e. The first-order chi connectivity index (χ1) is 8.72. The number of nitrogen functional groups attached to an aromatic ring is 1. The minimum absolute atomic E-state index is 0.434. The van der Waals surface area contributed by atoms with E-state index in [2.05, 4.69) is 22.2 Å². The Morgan fingerprint density at radius 1 is 1.39 bits per heavy atom. The average molecular weight is 250 g/mol. The fourth-order valence-electron chi connectivity index (χ4n) is 2.61. The highest BCUT2D eigenvalue weighted by molar-refractivity contribution is 5.66. The Labute approximate surface area is 108 Å². The van der Waals surface area contributed by atoms with E-state index in [9.17, 15) is 0 Å². The van der Waals surface area contributed by atoms with E-state index >= 15 is 0 Å². The molecule has 0 amide bonds. The molecule has 18 heavy (non-hydrogen) atoms. The third kappa shape index (κ3) is 2.83. The summed E-state index contributed by atoms with van der Waals surface area (Å²) in [5.41, 5.74) is 6.42. The number of nitrogens with two attached hydrogens (primary N) is 1. The third-order valence-electron chi connectivity index (χ3n) is 3.86. The van der Waals surface area contributed by atoms with E-state index in [1.807, 2.05) is 0 Å². The molecule has 2 rings (SSSR count). The number of ether oxygens (including phenoxy) is 1. The van der Waals surface area contributed by atoms with Crippen molar-refractivity contribution >= 4 is 11.5 Å². The van der Waals surface area contributed by atoms with Crippen LogP contribution in [0.15, 0.2) is 6.33 Å². The number of hydrogen-bond donors (Lipinski definition) is 2. The molecule has 5 nitrogen and oxygen atoms in total. The molecule has 1 fully saturated rings. The fourth-order valence-corrected chi connectivity index (χ4v) is 2.61. The largest absolute Gasteiger partial charge is 0.479 e. The standard InChI is InChI=1S/C13H22N4O/c1-9-5-3-4-6-10(9)7-15-12-11(14)13(18-2)17-8-16-12/h8-10H,3-7,14H2,1-2H3,(H,15,16,17). The van der Waals surface area contributed by atoms with E-state index in [1.165, 1.54) is 32.0 Å². The van der Waals surface area contributed by atoms with E-state index in [-0.39, 0.29) is 0 Å². The van der Waals surface area contributed by atoms with Crippen molar-refractivity contribution in [3.05, 3.63) is 6.33 Å². The van der Waals surface area contributed by atoms with Crippen LogP contribution in [0.25, 0.3) is 0 Å². The van der Waals surface area contributed by atoms with Crippen molar-refractivity contribution in [1.29, 1.82) is 0 Å². The molecule has 2 unspecified atom stereocenters. The molecule has 0 aromatic carbocycles. The molecular weight excluding hydrogens is 228 g/mol. The second-order valence-corrected chi connectivity index (χ2v) is 5.05. The second kappa shape index (κ2) is 5.89. The molecule has 0 spiro atoms. The molecule has 1 heterocycles. The van der Waals surface area contributed by atoms with Crippen molar-refractivity contribution in [2.45, 2.75) is 32.6 Å². The van der Waals surface area contributed by atoms with Crippen LogP contribution in [-0.2, 0) is 0 Å². The van der Waals surface area contributed by atoms with E-state index in [4.69, 9.17) is 10.5 Å². The van der Waals surface area contributed by atoms with Crippen molar-refractivity contribution in [3.8, 4) is 5.88 Å².